The van der Waals surface area contributed by atoms with Crippen LogP contribution in [-0.2, 0) is 0 Å². The van der Waals surface area contributed by atoms with Crippen molar-refractivity contribution in [1.82, 2.24) is 9.97 Å². The van der Waals surface area contributed by atoms with Crippen molar-refractivity contribution in [3.05, 3.63) is 40.2 Å². The van der Waals surface area contributed by atoms with Crippen LogP contribution >= 0.6 is 34.4 Å². The van der Waals surface area contributed by atoms with Gasteiger partial charge in [0.15, 0.2) is 5.16 Å². The highest BCUT2D eigenvalue weighted by molar-refractivity contribution is 14.1. The first-order valence-electron chi connectivity index (χ1n) is 4.57. The number of hydrogen-bond donors (Lipinski definition) is 0. The average molecular weight is 344 g/mol. The summed E-state index contributed by atoms with van der Waals surface area (Å²) in [6, 6.07) is 7.84. The van der Waals surface area contributed by atoms with E-state index in [1.165, 1.54) is 11.8 Å². The molecule has 0 aliphatic carbocycles. The highest BCUT2D eigenvalue weighted by Gasteiger charge is 2.01. The fourth-order valence-corrected chi connectivity index (χ4v) is 2.15. The number of rotatable bonds is 3. The van der Waals surface area contributed by atoms with Crippen molar-refractivity contribution in [3.8, 4) is 5.75 Å². The molecular weight excluding hydrogens is 335 g/mol. The molecule has 2 aromatic rings. The van der Waals surface area contributed by atoms with Crippen molar-refractivity contribution in [2.45, 2.75) is 10.1 Å². The zero-order chi connectivity index (χ0) is 11.4. The summed E-state index contributed by atoms with van der Waals surface area (Å²) in [4.78, 5) is 9.54. The maximum Gasteiger partial charge on any atom is 0.192 e. The van der Waals surface area contributed by atoms with Crippen molar-refractivity contribution in [1.29, 1.82) is 0 Å². The van der Waals surface area contributed by atoms with E-state index in [4.69, 9.17) is 4.74 Å². The van der Waals surface area contributed by atoms with Crippen LogP contribution in [0.2, 0.25) is 0 Å². The number of hydrogen-bond acceptors (Lipinski definition) is 4. The lowest BCUT2D eigenvalue weighted by atomic mass is 10.3. The Bertz CT molecular complexity index is 476. The van der Waals surface area contributed by atoms with Crippen LogP contribution < -0.4 is 4.74 Å². The predicted molar refractivity (Wildman–Crippen MR) is 71.9 cm³/mol. The van der Waals surface area contributed by atoms with Crippen LogP contribution in [0, 0.1) is 3.57 Å². The third kappa shape index (κ3) is 3.08. The van der Waals surface area contributed by atoms with Gasteiger partial charge in [0.25, 0.3) is 0 Å². The van der Waals surface area contributed by atoms with Crippen LogP contribution in [0.15, 0.2) is 46.7 Å². The van der Waals surface area contributed by atoms with Crippen molar-refractivity contribution < 1.29 is 4.74 Å². The molecule has 82 valence electrons. The molecule has 0 saturated heterocycles. The topological polar surface area (TPSA) is 35.0 Å². The number of benzene rings is 1. The molecule has 16 heavy (non-hydrogen) atoms. The normalized spacial score (nSPS) is 10.1. The van der Waals surface area contributed by atoms with Crippen LogP contribution in [0.1, 0.15) is 0 Å². The summed E-state index contributed by atoms with van der Waals surface area (Å²) >= 11 is 3.70. The Balaban J connectivity index is 2.16. The Kier molecular flexibility index (Phi) is 4.00. The Hall–Kier alpha value is -0.820. The molecule has 1 aromatic carbocycles. The molecule has 0 atom stereocenters. The van der Waals surface area contributed by atoms with Gasteiger partial charge in [-0.2, -0.15) is 0 Å². The molecule has 5 heteroatoms. The molecule has 0 aliphatic rings. The number of nitrogens with zero attached hydrogens (tertiary/aromatic N) is 2. The smallest absolute Gasteiger partial charge is 0.192 e. The molecule has 1 aromatic heterocycles. The molecule has 0 bridgehead atoms. The molecule has 0 amide bonds. The van der Waals surface area contributed by atoms with E-state index in [1.807, 2.05) is 24.3 Å². The van der Waals surface area contributed by atoms with E-state index >= 15 is 0 Å². The average Bonchev–Trinajstić information content (AvgIpc) is 2.32. The Morgan fingerprint density at radius 2 is 2.00 bits per heavy atom. The molecular formula is C11H9IN2OS. The molecule has 0 N–H and O–H groups in total. The van der Waals surface area contributed by atoms with E-state index < -0.39 is 0 Å². The molecule has 0 fully saturated rings. The van der Waals surface area contributed by atoms with Crippen LogP contribution in [0.4, 0.5) is 0 Å². The molecule has 0 saturated carbocycles. The first-order valence-corrected chi connectivity index (χ1v) is 6.47. The lowest BCUT2D eigenvalue weighted by molar-refractivity contribution is 0.413. The fraction of sp³-hybridized carbons (Fsp3) is 0.0909. The summed E-state index contributed by atoms with van der Waals surface area (Å²) in [5.74, 6) is 0.843. The Labute approximate surface area is 112 Å². The third-order valence-corrected chi connectivity index (χ3v) is 3.29. The molecule has 0 unspecified atom stereocenters. The zero-order valence-electron chi connectivity index (χ0n) is 8.55. The highest BCUT2D eigenvalue weighted by atomic mass is 127. The molecule has 0 radical (unpaired) electrons. The number of ether oxygens (including phenoxy) is 1. The quantitative estimate of drug-likeness (QED) is 0.633. The summed E-state index contributed by atoms with van der Waals surface area (Å²) in [5.41, 5.74) is 0. The first kappa shape index (κ1) is 11.7. The SMILES string of the molecule is COc1cccc(Sc2ncc(I)cn2)c1. The molecule has 0 aliphatic heterocycles. The van der Waals surface area contributed by atoms with Gasteiger partial charge in [0.05, 0.1) is 7.11 Å². The highest BCUT2D eigenvalue weighted by Crippen LogP contribution is 2.27. The minimum absolute atomic E-state index is 0.744. The fourth-order valence-electron chi connectivity index (χ4n) is 1.12. The van der Waals surface area contributed by atoms with E-state index in [0.29, 0.717) is 0 Å². The van der Waals surface area contributed by atoms with E-state index in [-0.39, 0.29) is 0 Å². The van der Waals surface area contributed by atoms with Crippen LogP contribution in [0.3, 0.4) is 0 Å². The van der Waals surface area contributed by atoms with Gasteiger partial charge in [0, 0.05) is 20.9 Å². The van der Waals surface area contributed by atoms with Gasteiger partial charge in [-0.05, 0) is 52.6 Å². The van der Waals surface area contributed by atoms with Crippen molar-refractivity contribution in [2.24, 2.45) is 0 Å². The second-order valence-corrected chi connectivity index (χ2v) is 5.25. The predicted octanol–water partition coefficient (Wildman–Crippen LogP) is 3.24. The standard InChI is InChI=1S/C11H9IN2OS/c1-15-9-3-2-4-10(5-9)16-11-13-6-8(12)7-14-11/h2-7H,1H3. The maximum absolute atomic E-state index is 5.16. The summed E-state index contributed by atoms with van der Waals surface area (Å²) in [6.45, 7) is 0. The van der Waals surface area contributed by atoms with Gasteiger partial charge in [-0.1, -0.05) is 6.07 Å². The first-order chi connectivity index (χ1) is 7.78. The lowest BCUT2D eigenvalue weighted by Gasteiger charge is -2.02. The van der Waals surface area contributed by atoms with Crippen molar-refractivity contribution in [3.63, 3.8) is 0 Å². The second kappa shape index (κ2) is 5.49. The van der Waals surface area contributed by atoms with Crippen molar-refractivity contribution >= 4 is 34.4 Å². The summed E-state index contributed by atoms with van der Waals surface area (Å²) in [5, 5.41) is 0.744. The summed E-state index contributed by atoms with van der Waals surface area (Å²) < 4.78 is 6.19. The Morgan fingerprint density at radius 1 is 1.25 bits per heavy atom. The van der Waals surface area contributed by atoms with Gasteiger partial charge in [0.1, 0.15) is 5.75 Å². The summed E-state index contributed by atoms with van der Waals surface area (Å²) in [6.07, 6.45) is 3.60. The van der Waals surface area contributed by atoms with Gasteiger partial charge >= 0.3 is 0 Å². The van der Waals surface area contributed by atoms with Gasteiger partial charge in [0.2, 0.25) is 0 Å². The molecule has 3 nitrogen and oxygen atoms in total. The van der Waals surface area contributed by atoms with Crippen LogP contribution in [0.25, 0.3) is 0 Å². The zero-order valence-corrected chi connectivity index (χ0v) is 11.5. The van der Waals surface area contributed by atoms with Crippen molar-refractivity contribution in [2.75, 3.05) is 7.11 Å². The second-order valence-electron chi connectivity index (χ2n) is 2.96. The minimum Gasteiger partial charge on any atom is -0.497 e. The number of aromatic nitrogens is 2. The third-order valence-electron chi connectivity index (χ3n) is 1.85. The van der Waals surface area contributed by atoms with E-state index in [2.05, 4.69) is 32.6 Å². The van der Waals surface area contributed by atoms with Gasteiger partial charge in [-0.25, -0.2) is 9.97 Å². The number of methoxy groups -OCH3 is 1. The maximum atomic E-state index is 5.16. The van der Waals surface area contributed by atoms with E-state index in [9.17, 15) is 0 Å². The van der Waals surface area contributed by atoms with E-state index in [1.54, 1.807) is 19.5 Å². The van der Waals surface area contributed by atoms with Crippen LogP contribution in [0.5, 0.6) is 5.75 Å². The largest absolute Gasteiger partial charge is 0.497 e. The minimum atomic E-state index is 0.744. The van der Waals surface area contributed by atoms with Gasteiger partial charge in [-0.3, -0.25) is 0 Å². The van der Waals surface area contributed by atoms with Crippen LogP contribution in [-0.4, -0.2) is 17.1 Å². The summed E-state index contributed by atoms with van der Waals surface area (Å²) in [7, 11) is 1.66. The van der Waals surface area contributed by atoms with E-state index in [0.717, 1.165) is 19.4 Å². The van der Waals surface area contributed by atoms with Gasteiger partial charge in [-0.15, -0.1) is 0 Å². The molecule has 2 rings (SSSR count). The molecule has 1 heterocycles. The lowest BCUT2D eigenvalue weighted by Crippen LogP contribution is -1.87. The number of halogens is 1. The van der Waals surface area contributed by atoms with Gasteiger partial charge < -0.3 is 4.74 Å². The Morgan fingerprint density at radius 3 is 2.69 bits per heavy atom. The monoisotopic (exact) mass is 344 g/mol. The molecule has 0 spiro atoms.